The van der Waals surface area contributed by atoms with Gasteiger partial charge < -0.3 is 10.1 Å². The molecule has 0 aromatic heterocycles. The van der Waals surface area contributed by atoms with Crippen molar-refractivity contribution in [2.45, 2.75) is 19.4 Å². The molecule has 2 aromatic rings. The van der Waals surface area contributed by atoms with Gasteiger partial charge in [0.2, 0.25) is 0 Å². The Morgan fingerprint density at radius 2 is 1.76 bits per heavy atom. The first-order valence-electron chi connectivity index (χ1n) is 7.74. The molecular formula is C18H18N2O5. The quantitative estimate of drug-likeness (QED) is 0.474. The number of nitrogens with one attached hydrogen (secondary N) is 1. The molecule has 1 N–H and O–H groups in total. The molecule has 0 heterocycles. The molecule has 0 aliphatic heterocycles. The van der Waals surface area contributed by atoms with Gasteiger partial charge in [0.25, 0.3) is 11.6 Å². The molecule has 0 aliphatic rings. The van der Waals surface area contributed by atoms with Gasteiger partial charge in [-0.15, -0.1) is 0 Å². The molecule has 0 saturated carbocycles. The van der Waals surface area contributed by atoms with Crippen molar-refractivity contribution in [2.75, 3.05) is 6.54 Å². The van der Waals surface area contributed by atoms with Gasteiger partial charge >= 0.3 is 5.97 Å². The Morgan fingerprint density at radius 3 is 2.36 bits per heavy atom. The number of carbonyl (C=O) groups is 2. The molecule has 7 heteroatoms. The molecule has 0 aliphatic carbocycles. The summed E-state index contributed by atoms with van der Waals surface area (Å²) >= 11 is 0. The van der Waals surface area contributed by atoms with Crippen molar-refractivity contribution in [1.29, 1.82) is 0 Å². The largest absolute Gasteiger partial charge is 0.458 e. The summed E-state index contributed by atoms with van der Waals surface area (Å²) in [7, 11) is 0. The zero-order chi connectivity index (χ0) is 18.2. The molecule has 2 rings (SSSR count). The Bertz CT molecular complexity index is 744. The minimum atomic E-state index is -0.536. The summed E-state index contributed by atoms with van der Waals surface area (Å²) in [6.07, 6.45) is -0.324. The molecule has 0 fully saturated rings. The third-order valence-corrected chi connectivity index (χ3v) is 3.53. The van der Waals surface area contributed by atoms with Gasteiger partial charge in [-0.2, -0.15) is 0 Å². The van der Waals surface area contributed by atoms with Crippen LogP contribution in [-0.4, -0.2) is 23.3 Å². The number of hydrogen-bond acceptors (Lipinski definition) is 5. The average molecular weight is 342 g/mol. The van der Waals surface area contributed by atoms with Gasteiger partial charge in [0, 0.05) is 24.2 Å². The Hall–Kier alpha value is -3.22. The lowest BCUT2D eigenvalue weighted by molar-refractivity contribution is -0.384. The van der Waals surface area contributed by atoms with Crippen LogP contribution in [0.15, 0.2) is 54.6 Å². The zero-order valence-electron chi connectivity index (χ0n) is 13.7. The van der Waals surface area contributed by atoms with Crippen LogP contribution in [0.5, 0.6) is 0 Å². The number of nitro benzene ring substituents is 1. The van der Waals surface area contributed by atoms with Crippen LogP contribution in [0.3, 0.4) is 0 Å². The molecule has 0 unspecified atom stereocenters. The fourth-order valence-corrected chi connectivity index (χ4v) is 2.16. The second kappa shape index (κ2) is 8.58. The predicted molar refractivity (Wildman–Crippen MR) is 91.0 cm³/mol. The van der Waals surface area contributed by atoms with Crippen molar-refractivity contribution < 1.29 is 19.2 Å². The summed E-state index contributed by atoms with van der Waals surface area (Å²) in [6, 6.07) is 14.6. The van der Waals surface area contributed by atoms with E-state index in [0.29, 0.717) is 0 Å². The second-order valence-electron chi connectivity index (χ2n) is 5.35. The summed E-state index contributed by atoms with van der Waals surface area (Å²) in [6.45, 7) is 1.90. The van der Waals surface area contributed by atoms with E-state index in [1.807, 2.05) is 30.3 Å². The Labute approximate surface area is 144 Å². The number of hydrogen-bond donors (Lipinski definition) is 1. The fourth-order valence-electron chi connectivity index (χ4n) is 2.16. The van der Waals surface area contributed by atoms with Crippen molar-refractivity contribution in [2.24, 2.45) is 0 Å². The number of amides is 1. The lowest BCUT2D eigenvalue weighted by atomic mass is 10.1. The number of esters is 1. The lowest BCUT2D eigenvalue weighted by Gasteiger charge is -2.13. The topological polar surface area (TPSA) is 98.5 Å². The van der Waals surface area contributed by atoms with Crippen LogP contribution >= 0.6 is 0 Å². The van der Waals surface area contributed by atoms with E-state index in [1.165, 1.54) is 24.3 Å². The third-order valence-electron chi connectivity index (χ3n) is 3.53. The summed E-state index contributed by atoms with van der Waals surface area (Å²) in [5.74, 6) is -0.820. The highest BCUT2D eigenvalue weighted by atomic mass is 16.6. The highest BCUT2D eigenvalue weighted by molar-refractivity contribution is 5.94. The monoisotopic (exact) mass is 342 g/mol. The molecule has 2 aromatic carbocycles. The van der Waals surface area contributed by atoms with E-state index in [1.54, 1.807) is 6.92 Å². The van der Waals surface area contributed by atoms with Crippen molar-refractivity contribution in [3.8, 4) is 0 Å². The highest BCUT2D eigenvalue weighted by Gasteiger charge is 2.13. The maximum Gasteiger partial charge on any atom is 0.308 e. The minimum absolute atomic E-state index is 0.0376. The molecule has 0 radical (unpaired) electrons. The molecule has 1 atom stereocenters. The summed E-state index contributed by atoms with van der Waals surface area (Å²) in [5.41, 5.74) is 1.09. The van der Waals surface area contributed by atoms with Gasteiger partial charge in [0.15, 0.2) is 0 Å². The standard InChI is InChI=1S/C18H18N2O5/c1-13(14-5-3-2-4-6-14)25-17(21)11-12-19-18(22)15-7-9-16(10-8-15)20(23)24/h2-10,13H,11-12H2,1H3,(H,19,22)/t13-/m1/s1. The van der Waals surface area contributed by atoms with Gasteiger partial charge in [-0.3, -0.25) is 19.7 Å². The van der Waals surface area contributed by atoms with E-state index < -0.39 is 16.8 Å². The summed E-state index contributed by atoms with van der Waals surface area (Å²) < 4.78 is 5.30. The van der Waals surface area contributed by atoms with E-state index in [2.05, 4.69) is 5.32 Å². The van der Waals surface area contributed by atoms with Gasteiger partial charge in [-0.1, -0.05) is 30.3 Å². The lowest BCUT2D eigenvalue weighted by Crippen LogP contribution is -2.26. The minimum Gasteiger partial charge on any atom is -0.458 e. The number of nitro groups is 1. The van der Waals surface area contributed by atoms with E-state index in [-0.39, 0.29) is 30.3 Å². The number of carbonyl (C=O) groups excluding carboxylic acids is 2. The van der Waals surface area contributed by atoms with Gasteiger partial charge in [0.1, 0.15) is 6.10 Å². The Balaban J connectivity index is 1.76. The van der Waals surface area contributed by atoms with Gasteiger partial charge in [-0.05, 0) is 24.6 Å². The van der Waals surface area contributed by atoms with Crippen molar-refractivity contribution in [3.05, 3.63) is 75.8 Å². The van der Waals surface area contributed by atoms with Crippen LogP contribution in [0.4, 0.5) is 5.69 Å². The van der Waals surface area contributed by atoms with Crippen LogP contribution in [0, 0.1) is 10.1 Å². The van der Waals surface area contributed by atoms with Crippen LogP contribution in [0.2, 0.25) is 0 Å². The first-order chi connectivity index (χ1) is 12.0. The molecule has 130 valence electrons. The van der Waals surface area contributed by atoms with Crippen LogP contribution in [0.25, 0.3) is 0 Å². The molecular weight excluding hydrogens is 324 g/mol. The zero-order valence-corrected chi connectivity index (χ0v) is 13.7. The molecule has 0 bridgehead atoms. The number of ether oxygens (including phenoxy) is 1. The normalized spacial score (nSPS) is 11.4. The Morgan fingerprint density at radius 1 is 1.12 bits per heavy atom. The van der Waals surface area contributed by atoms with Crippen LogP contribution < -0.4 is 5.32 Å². The van der Waals surface area contributed by atoms with Gasteiger partial charge in [-0.25, -0.2) is 0 Å². The molecule has 0 saturated heterocycles. The summed E-state index contributed by atoms with van der Waals surface area (Å²) in [5, 5.41) is 13.2. The number of nitrogens with zero attached hydrogens (tertiary/aromatic N) is 1. The smallest absolute Gasteiger partial charge is 0.308 e. The number of non-ortho nitro benzene ring substituents is 1. The molecule has 25 heavy (non-hydrogen) atoms. The van der Waals surface area contributed by atoms with Crippen LogP contribution in [-0.2, 0) is 9.53 Å². The average Bonchev–Trinajstić information content (AvgIpc) is 2.62. The fraction of sp³-hybridized carbons (Fsp3) is 0.222. The SMILES string of the molecule is C[C@@H](OC(=O)CCNC(=O)c1ccc([N+](=O)[O-])cc1)c1ccccc1. The third kappa shape index (κ3) is 5.42. The van der Waals surface area contributed by atoms with Crippen molar-refractivity contribution in [3.63, 3.8) is 0 Å². The number of rotatable bonds is 7. The Kier molecular flexibility index (Phi) is 6.22. The van der Waals surface area contributed by atoms with Gasteiger partial charge in [0.05, 0.1) is 11.3 Å². The predicted octanol–water partition coefficient (Wildman–Crippen LogP) is 3.02. The molecule has 0 spiro atoms. The highest BCUT2D eigenvalue weighted by Crippen LogP contribution is 2.16. The first kappa shape index (κ1) is 18.1. The van der Waals surface area contributed by atoms with E-state index >= 15 is 0 Å². The van der Waals surface area contributed by atoms with E-state index in [9.17, 15) is 19.7 Å². The van der Waals surface area contributed by atoms with E-state index in [4.69, 9.17) is 4.74 Å². The summed E-state index contributed by atoms with van der Waals surface area (Å²) in [4.78, 5) is 33.8. The maximum absolute atomic E-state index is 11.9. The van der Waals surface area contributed by atoms with E-state index in [0.717, 1.165) is 5.56 Å². The maximum atomic E-state index is 11.9. The van der Waals surface area contributed by atoms with Crippen LogP contribution in [0.1, 0.15) is 35.4 Å². The first-order valence-corrected chi connectivity index (χ1v) is 7.74. The second-order valence-corrected chi connectivity index (χ2v) is 5.35. The van der Waals surface area contributed by atoms with Crippen molar-refractivity contribution in [1.82, 2.24) is 5.32 Å². The molecule has 7 nitrogen and oxygen atoms in total. The number of benzene rings is 2. The van der Waals surface area contributed by atoms with Crippen molar-refractivity contribution >= 4 is 17.6 Å². The molecule has 1 amide bonds.